The molecule has 1 nitrogen and oxygen atoms in total. The molecule has 0 aliphatic heterocycles. The van der Waals surface area contributed by atoms with Crippen LogP contribution in [0.5, 0.6) is 0 Å². The highest BCUT2D eigenvalue weighted by atomic mass is 16.3. The first kappa shape index (κ1) is 8.69. The smallest absolute Gasteiger partial charge is 0.136 e. The van der Waals surface area contributed by atoms with Crippen LogP contribution in [0.2, 0.25) is 0 Å². The van der Waals surface area contributed by atoms with Crippen LogP contribution in [0.1, 0.15) is 32.9 Å². The summed E-state index contributed by atoms with van der Waals surface area (Å²) >= 11 is 0. The lowest BCUT2D eigenvalue weighted by atomic mass is 9.84. The molecule has 0 N–H and O–H groups in total. The van der Waals surface area contributed by atoms with Gasteiger partial charge in [0.15, 0.2) is 0 Å². The van der Waals surface area contributed by atoms with Gasteiger partial charge < -0.3 is 4.42 Å². The predicted octanol–water partition coefficient (Wildman–Crippen LogP) is 10.9. The van der Waals surface area contributed by atoms with E-state index in [9.17, 15) is 11.0 Å². The number of benzene rings is 7. The molecule has 182 valence electrons. The van der Waals surface area contributed by atoms with Gasteiger partial charge in [-0.2, -0.15) is 0 Å². The Morgan fingerprint density at radius 1 is 0.333 bits per heavy atom. The average molecular weight is 521 g/mol. The van der Waals surface area contributed by atoms with E-state index < -0.39 is 216 Å². The third-order valence-corrected chi connectivity index (χ3v) is 6.14. The molecular weight excluding hydrogens is 472 g/mol. The molecule has 0 aliphatic rings. The van der Waals surface area contributed by atoms with Gasteiger partial charge in [0.2, 0.25) is 0 Å². The lowest BCUT2D eigenvalue weighted by Gasteiger charge is -2.18. The molecular formula is C38H24O. The zero-order valence-corrected chi connectivity index (χ0v) is 19.4. The Bertz CT molecular complexity index is 3440. The summed E-state index contributed by atoms with van der Waals surface area (Å²) in [4.78, 5) is 0. The maximum atomic E-state index is 9.81. The molecule has 0 unspecified atom stereocenters. The van der Waals surface area contributed by atoms with Gasteiger partial charge in [0.1, 0.15) is 11.2 Å². The third-order valence-electron chi connectivity index (χ3n) is 6.14. The van der Waals surface area contributed by atoms with Crippen LogP contribution < -0.4 is 0 Å². The Morgan fingerprint density at radius 3 is 1.59 bits per heavy atom. The number of fused-ring (bicyclic) bond motifs is 5. The van der Waals surface area contributed by atoms with E-state index in [1.54, 1.807) is 0 Å². The first-order valence-corrected chi connectivity index (χ1v) is 11.4. The number of hydrogen-bond acceptors (Lipinski definition) is 1. The van der Waals surface area contributed by atoms with Gasteiger partial charge in [0.25, 0.3) is 0 Å². The van der Waals surface area contributed by atoms with Gasteiger partial charge in [-0.05, 0) is 79.1 Å². The van der Waals surface area contributed by atoms with E-state index >= 15 is 0 Å². The van der Waals surface area contributed by atoms with Crippen LogP contribution in [0.25, 0.3) is 76.9 Å². The summed E-state index contributed by atoms with van der Waals surface area (Å²) in [6.45, 7) is 0. The van der Waals surface area contributed by atoms with Gasteiger partial charge in [-0.25, -0.2) is 0 Å². The molecule has 8 aromatic rings. The normalized spacial score (nSPS) is 20.2. The summed E-state index contributed by atoms with van der Waals surface area (Å²) in [7, 11) is 0. The van der Waals surface area contributed by atoms with Gasteiger partial charge in [-0.1, -0.05) is 121 Å². The van der Waals surface area contributed by atoms with Crippen molar-refractivity contribution in [1.29, 1.82) is 0 Å². The van der Waals surface area contributed by atoms with Gasteiger partial charge >= 0.3 is 0 Å². The monoisotopic (exact) mass is 520 g/mol. The maximum absolute atomic E-state index is 9.81. The lowest BCUT2D eigenvalue weighted by molar-refractivity contribution is 0.669. The van der Waals surface area contributed by atoms with Crippen LogP contribution in [0.15, 0.2) is 149 Å². The predicted molar refractivity (Wildman–Crippen MR) is 165 cm³/mol. The van der Waals surface area contributed by atoms with Crippen molar-refractivity contribution >= 4 is 43.5 Å². The van der Waals surface area contributed by atoms with E-state index in [0.717, 1.165) is 0 Å². The molecule has 0 saturated heterocycles. The van der Waals surface area contributed by atoms with Crippen LogP contribution >= 0.6 is 0 Å². The average Bonchev–Trinajstić information content (AvgIpc) is 3.67. The second-order valence-electron chi connectivity index (χ2n) is 8.26. The van der Waals surface area contributed by atoms with Crippen LogP contribution in [-0.2, 0) is 0 Å². The Hall–Kier alpha value is -5.14. The fraction of sp³-hybridized carbons (Fsp3) is 0. The Kier molecular flexibility index (Phi) is 1.94. The fourth-order valence-electron chi connectivity index (χ4n) is 4.52. The molecule has 0 aliphatic carbocycles. The first-order chi connectivity index (χ1) is 29.3. The van der Waals surface area contributed by atoms with Crippen molar-refractivity contribution in [3.8, 4) is 33.4 Å². The van der Waals surface area contributed by atoms with Crippen molar-refractivity contribution in [1.82, 2.24) is 0 Å². The van der Waals surface area contributed by atoms with E-state index in [2.05, 4.69) is 0 Å². The molecule has 0 spiro atoms. The van der Waals surface area contributed by atoms with Crippen LogP contribution in [0.3, 0.4) is 0 Å². The van der Waals surface area contributed by atoms with Gasteiger partial charge in [0, 0.05) is 10.8 Å². The summed E-state index contributed by atoms with van der Waals surface area (Å²) in [6, 6.07) is -21.5. The molecule has 39 heavy (non-hydrogen) atoms. The Labute approximate surface area is 260 Å². The van der Waals surface area contributed by atoms with E-state index in [4.69, 9.17) is 26.3 Å². The quantitative estimate of drug-likeness (QED) is 0.211. The first-order valence-electron chi connectivity index (χ1n) is 23.4. The molecule has 0 bridgehead atoms. The summed E-state index contributed by atoms with van der Waals surface area (Å²) in [5, 5.41) is -3.64. The van der Waals surface area contributed by atoms with Gasteiger partial charge in [-0.3, -0.25) is 0 Å². The molecule has 8 rings (SSSR count). The minimum absolute atomic E-state index is 0.375. The van der Waals surface area contributed by atoms with E-state index in [0.29, 0.717) is 0 Å². The van der Waals surface area contributed by atoms with Crippen molar-refractivity contribution in [2.75, 3.05) is 0 Å². The molecule has 1 heterocycles. The minimum atomic E-state index is -1.02. The van der Waals surface area contributed by atoms with Crippen LogP contribution in [0, 0.1) is 0 Å². The zero-order valence-electron chi connectivity index (χ0n) is 43.4. The number of para-hydroxylation sites is 1. The number of rotatable bonds is 3. The standard InChI is InChI=1S/C38H24O/c1-3-11-25(12-4-1)27-19-22-33-34(23-27)38(28-20-21-30-29-15-9-10-18-35(29)39-36(30)24-28)32-17-8-7-16-31(32)37(33)26-13-5-2-6-14-26/h1-24H/i1D,2D,3D,4D,5D,6D,7D,8D,9D,10D,11D,12D,13D,14D,15D,16D,17D,18D,19D,20D,21D,22D,23D,24D. The lowest BCUT2D eigenvalue weighted by Crippen LogP contribution is -1.91. The molecule has 7 aromatic carbocycles. The van der Waals surface area contributed by atoms with Crippen molar-refractivity contribution < 1.29 is 37.3 Å². The van der Waals surface area contributed by atoms with Crippen molar-refractivity contribution in [3.05, 3.63) is 145 Å². The summed E-state index contributed by atoms with van der Waals surface area (Å²) < 4.78 is 218. The number of furan rings is 1. The molecule has 0 atom stereocenters. The largest absolute Gasteiger partial charge is 0.456 e. The molecule has 0 amide bonds. The highest BCUT2D eigenvalue weighted by Gasteiger charge is 2.18. The van der Waals surface area contributed by atoms with E-state index in [1.807, 2.05) is 0 Å². The topological polar surface area (TPSA) is 13.1 Å². The number of hydrogen-bond donors (Lipinski definition) is 0. The van der Waals surface area contributed by atoms with Crippen molar-refractivity contribution in [3.63, 3.8) is 0 Å². The van der Waals surface area contributed by atoms with Gasteiger partial charge in [0.05, 0.1) is 32.9 Å². The van der Waals surface area contributed by atoms with Crippen molar-refractivity contribution in [2.24, 2.45) is 0 Å². The maximum Gasteiger partial charge on any atom is 0.136 e. The zero-order chi connectivity index (χ0) is 46.6. The van der Waals surface area contributed by atoms with E-state index in [1.165, 1.54) is 0 Å². The highest BCUT2D eigenvalue weighted by molar-refractivity contribution is 6.22. The molecule has 0 fully saturated rings. The summed E-state index contributed by atoms with van der Waals surface area (Å²) in [5.41, 5.74) is -5.63. The Balaban J connectivity index is 1.79. The molecule has 0 radical (unpaired) electrons. The van der Waals surface area contributed by atoms with Gasteiger partial charge in [-0.15, -0.1) is 0 Å². The van der Waals surface area contributed by atoms with E-state index in [-0.39, 0.29) is 5.39 Å². The van der Waals surface area contributed by atoms with Crippen LogP contribution in [0.4, 0.5) is 0 Å². The molecule has 0 saturated carbocycles. The third kappa shape index (κ3) is 3.48. The summed E-state index contributed by atoms with van der Waals surface area (Å²) in [6.07, 6.45) is 0. The second kappa shape index (κ2) is 8.72. The summed E-state index contributed by atoms with van der Waals surface area (Å²) in [5.74, 6) is 0. The fourth-order valence-corrected chi connectivity index (χ4v) is 4.52. The van der Waals surface area contributed by atoms with Crippen LogP contribution in [-0.4, -0.2) is 0 Å². The SMILES string of the molecule is [2H]c1c([2H])c([2H])c(-c2c([2H])c([2H])c3c(-c4c([2H])c([2H])c([2H])c([2H])c4[2H])c4c([2H])c([2H])c([2H])c([2H])c4c(-c4c([2H])c([2H])c5c(oc6c([2H])c([2H])c([2H])c([2H])c65)c4[2H])c3c2[2H])c([2H])c1[2H]. The van der Waals surface area contributed by atoms with Crippen molar-refractivity contribution in [2.45, 2.75) is 0 Å². The molecule has 1 heteroatoms. The molecule has 1 aromatic heterocycles. The highest BCUT2D eigenvalue weighted by Crippen LogP contribution is 2.45. The minimum Gasteiger partial charge on any atom is -0.456 e. The Morgan fingerprint density at radius 2 is 0.846 bits per heavy atom. The second-order valence-corrected chi connectivity index (χ2v) is 8.26.